The van der Waals surface area contributed by atoms with Crippen LogP contribution in [0.4, 0.5) is 0 Å². The van der Waals surface area contributed by atoms with E-state index in [1.807, 2.05) is 0 Å². The molecule has 2 saturated carbocycles. The van der Waals surface area contributed by atoms with E-state index in [-0.39, 0.29) is 21.1 Å². The van der Waals surface area contributed by atoms with Gasteiger partial charge in [-0.25, -0.2) is 0 Å². The van der Waals surface area contributed by atoms with E-state index in [1.54, 1.807) is 0 Å². The highest BCUT2D eigenvalue weighted by atomic mass is 28.4. The van der Waals surface area contributed by atoms with E-state index in [0.717, 1.165) is 25.7 Å². The molecule has 0 heterocycles. The standard InChI is InChI=1S/C30H62O3Si2/c1-26(2,3)34(11,12)32-24-17-15-21-29(9)23(24)18-19-25(29)30(10,31)22-16-20-28(7,8)33-35(13,14)27(4,5)6/h23-25,31H,15-22H2,1-14H3/t23-,24-,25-,29-,30?/m0/s1. The molecule has 0 aliphatic heterocycles. The van der Waals surface area contributed by atoms with Gasteiger partial charge < -0.3 is 14.0 Å². The van der Waals surface area contributed by atoms with Crippen molar-refractivity contribution in [3.05, 3.63) is 0 Å². The molecule has 2 fully saturated rings. The fourth-order valence-electron chi connectivity index (χ4n) is 6.78. The van der Waals surface area contributed by atoms with Crippen LogP contribution in [0.25, 0.3) is 0 Å². The van der Waals surface area contributed by atoms with Crippen molar-refractivity contribution in [2.75, 3.05) is 0 Å². The van der Waals surface area contributed by atoms with E-state index in [4.69, 9.17) is 8.85 Å². The summed E-state index contributed by atoms with van der Waals surface area (Å²) in [6, 6.07) is 0. The molecule has 0 radical (unpaired) electrons. The van der Waals surface area contributed by atoms with Crippen LogP contribution in [-0.4, -0.2) is 39.0 Å². The highest BCUT2D eigenvalue weighted by Gasteiger charge is 2.57. The van der Waals surface area contributed by atoms with Crippen LogP contribution < -0.4 is 0 Å². The lowest BCUT2D eigenvalue weighted by atomic mass is 9.60. The van der Waals surface area contributed by atoms with Crippen LogP contribution in [0.1, 0.15) is 121 Å². The second-order valence-corrected chi connectivity index (χ2v) is 25.9. The minimum atomic E-state index is -1.81. The summed E-state index contributed by atoms with van der Waals surface area (Å²) in [5.41, 5.74) is -0.592. The Morgan fingerprint density at radius 2 is 1.34 bits per heavy atom. The molecule has 3 nitrogen and oxygen atoms in total. The summed E-state index contributed by atoms with van der Waals surface area (Å²) in [4.78, 5) is 0. The van der Waals surface area contributed by atoms with Gasteiger partial charge in [-0.1, -0.05) is 54.9 Å². The fraction of sp³-hybridized carbons (Fsp3) is 1.00. The zero-order valence-electron chi connectivity index (χ0n) is 26.2. The normalized spacial score (nSPS) is 30.8. The first-order valence-corrected chi connectivity index (χ1v) is 20.4. The second-order valence-electron chi connectivity index (χ2n) is 16.4. The van der Waals surface area contributed by atoms with Crippen LogP contribution >= 0.6 is 0 Å². The Hall–Kier alpha value is 0.314. The van der Waals surface area contributed by atoms with Crippen LogP contribution in [0.3, 0.4) is 0 Å². The summed E-state index contributed by atoms with van der Waals surface area (Å²) in [5.74, 6) is 0.940. The minimum absolute atomic E-state index is 0.145. The van der Waals surface area contributed by atoms with Gasteiger partial charge in [-0.05, 0) is 119 Å². The molecule has 2 rings (SSSR count). The van der Waals surface area contributed by atoms with Crippen LogP contribution in [0, 0.1) is 17.3 Å². The molecule has 2 aliphatic rings. The molecule has 35 heavy (non-hydrogen) atoms. The second kappa shape index (κ2) is 10.1. The van der Waals surface area contributed by atoms with Gasteiger partial charge in [0.25, 0.3) is 0 Å². The molecule has 0 bridgehead atoms. The molecule has 0 aromatic carbocycles. The Bertz CT molecular complexity index is 714. The van der Waals surface area contributed by atoms with E-state index in [9.17, 15) is 5.11 Å². The zero-order valence-corrected chi connectivity index (χ0v) is 28.2. The number of hydrogen-bond acceptors (Lipinski definition) is 3. The zero-order chi connectivity index (χ0) is 27.3. The average molecular weight is 527 g/mol. The maximum absolute atomic E-state index is 11.9. The third-order valence-corrected chi connectivity index (χ3v) is 20.0. The van der Waals surface area contributed by atoms with E-state index in [1.165, 1.54) is 25.7 Å². The Balaban J connectivity index is 2.06. The highest BCUT2D eigenvalue weighted by molar-refractivity contribution is 6.74. The summed E-state index contributed by atoms with van der Waals surface area (Å²) in [6.07, 6.45) is 9.23. The van der Waals surface area contributed by atoms with Gasteiger partial charge in [0.05, 0.1) is 11.2 Å². The van der Waals surface area contributed by atoms with Crippen molar-refractivity contribution in [1.29, 1.82) is 0 Å². The smallest absolute Gasteiger partial charge is 0.192 e. The fourth-order valence-corrected chi connectivity index (χ4v) is 9.96. The Morgan fingerprint density at radius 3 is 1.86 bits per heavy atom. The molecular formula is C30H62O3Si2. The number of hydrogen-bond donors (Lipinski definition) is 1. The van der Waals surface area contributed by atoms with Crippen LogP contribution in [0.2, 0.25) is 36.3 Å². The predicted octanol–water partition coefficient (Wildman–Crippen LogP) is 9.31. The van der Waals surface area contributed by atoms with Gasteiger partial charge in [0.1, 0.15) is 0 Å². The Morgan fingerprint density at radius 1 is 0.800 bits per heavy atom. The number of fused-ring (bicyclic) bond motifs is 1. The van der Waals surface area contributed by atoms with Gasteiger partial charge in [0.2, 0.25) is 0 Å². The lowest BCUT2D eigenvalue weighted by Gasteiger charge is -2.51. The van der Waals surface area contributed by atoms with Gasteiger partial charge in [-0.3, -0.25) is 0 Å². The highest BCUT2D eigenvalue weighted by Crippen LogP contribution is 2.60. The summed E-state index contributed by atoms with van der Waals surface area (Å²) in [7, 11) is -3.61. The van der Waals surface area contributed by atoms with Crippen LogP contribution in [-0.2, 0) is 8.85 Å². The molecule has 208 valence electrons. The SMILES string of the molecule is CC(C)(CCCC(C)(O)[C@H]1CC[C@H]2[C@@H](O[Si](C)(C)C(C)(C)C)CCC[C@]12C)O[Si](C)(C)C(C)(C)C. The van der Waals surface area contributed by atoms with Gasteiger partial charge >= 0.3 is 0 Å². The summed E-state index contributed by atoms with van der Waals surface area (Å²) in [5, 5.41) is 12.3. The lowest BCUT2D eigenvalue weighted by Crippen LogP contribution is -2.52. The summed E-state index contributed by atoms with van der Waals surface area (Å²) >= 11 is 0. The van der Waals surface area contributed by atoms with Crippen molar-refractivity contribution in [3.63, 3.8) is 0 Å². The minimum Gasteiger partial charge on any atom is -0.414 e. The number of aliphatic hydroxyl groups is 1. The van der Waals surface area contributed by atoms with E-state index < -0.39 is 22.2 Å². The van der Waals surface area contributed by atoms with Crippen molar-refractivity contribution in [2.24, 2.45) is 17.3 Å². The van der Waals surface area contributed by atoms with E-state index in [0.29, 0.717) is 17.9 Å². The molecule has 0 spiro atoms. The first-order valence-electron chi connectivity index (χ1n) is 14.6. The molecule has 1 unspecified atom stereocenters. The van der Waals surface area contributed by atoms with Crippen molar-refractivity contribution in [3.8, 4) is 0 Å². The summed E-state index contributed by atoms with van der Waals surface area (Å²) < 4.78 is 13.8. The maximum Gasteiger partial charge on any atom is 0.192 e. The third-order valence-electron chi connectivity index (χ3n) is 10.9. The molecule has 1 N–H and O–H groups in total. The van der Waals surface area contributed by atoms with Crippen molar-refractivity contribution in [2.45, 2.75) is 174 Å². The largest absolute Gasteiger partial charge is 0.414 e. The van der Waals surface area contributed by atoms with Gasteiger partial charge in [-0.2, -0.15) is 0 Å². The molecule has 5 heteroatoms. The van der Waals surface area contributed by atoms with Crippen molar-refractivity contribution >= 4 is 16.6 Å². The molecular weight excluding hydrogens is 464 g/mol. The topological polar surface area (TPSA) is 38.7 Å². The number of rotatable bonds is 9. The third kappa shape index (κ3) is 7.05. The monoisotopic (exact) mass is 526 g/mol. The van der Waals surface area contributed by atoms with Crippen LogP contribution in [0.5, 0.6) is 0 Å². The van der Waals surface area contributed by atoms with Crippen LogP contribution in [0.15, 0.2) is 0 Å². The van der Waals surface area contributed by atoms with E-state index in [2.05, 4.69) is 95.4 Å². The molecule has 0 amide bonds. The first kappa shape index (κ1) is 31.5. The molecule has 0 aromatic heterocycles. The van der Waals surface area contributed by atoms with E-state index >= 15 is 0 Å². The van der Waals surface area contributed by atoms with Gasteiger partial charge in [0, 0.05) is 6.10 Å². The predicted molar refractivity (Wildman–Crippen MR) is 157 cm³/mol. The average Bonchev–Trinajstić information content (AvgIpc) is 2.97. The van der Waals surface area contributed by atoms with Gasteiger partial charge in [0.15, 0.2) is 16.6 Å². The molecule has 5 atom stereocenters. The molecule has 2 aliphatic carbocycles. The van der Waals surface area contributed by atoms with Crippen molar-refractivity contribution < 1.29 is 14.0 Å². The Labute approximate surface area is 221 Å². The molecule has 0 saturated heterocycles. The quantitative estimate of drug-likeness (QED) is 0.304. The first-order chi connectivity index (χ1) is 15.5. The molecule has 0 aromatic rings. The maximum atomic E-state index is 11.9. The summed E-state index contributed by atoms with van der Waals surface area (Å²) in [6.45, 7) is 32.6. The lowest BCUT2D eigenvalue weighted by molar-refractivity contribution is -0.0926. The van der Waals surface area contributed by atoms with Crippen molar-refractivity contribution in [1.82, 2.24) is 0 Å². The Kier molecular flexibility index (Phi) is 9.13. The van der Waals surface area contributed by atoms with Gasteiger partial charge in [-0.15, -0.1) is 0 Å².